The molecule has 0 radical (unpaired) electrons. The number of carbonyl (C=O) groups excluding carboxylic acids is 1. The first-order chi connectivity index (χ1) is 10.9. The number of aliphatic carboxylic acids is 1. The molecule has 1 heterocycles. The summed E-state index contributed by atoms with van der Waals surface area (Å²) in [5.41, 5.74) is 0.424. The van der Waals surface area contributed by atoms with Gasteiger partial charge in [-0.2, -0.15) is 0 Å². The largest absolute Gasteiger partial charge is 0.480 e. The Balaban J connectivity index is 2.28. The summed E-state index contributed by atoms with van der Waals surface area (Å²) in [6.07, 6.45) is -3.84. The third-order valence-electron chi connectivity index (χ3n) is 3.00. The van der Waals surface area contributed by atoms with Crippen molar-refractivity contribution in [3.8, 4) is 11.3 Å². The van der Waals surface area contributed by atoms with Gasteiger partial charge >= 0.3 is 5.97 Å². The van der Waals surface area contributed by atoms with Crippen LogP contribution in [0.1, 0.15) is 22.8 Å². The van der Waals surface area contributed by atoms with Crippen molar-refractivity contribution in [3.05, 3.63) is 41.9 Å². The van der Waals surface area contributed by atoms with E-state index in [0.29, 0.717) is 5.56 Å². The Morgan fingerprint density at radius 1 is 1.30 bits per heavy atom. The fourth-order valence-corrected chi connectivity index (χ4v) is 1.99. The van der Waals surface area contributed by atoms with Crippen LogP contribution < -0.4 is 5.32 Å². The number of nitrogens with zero attached hydrogens (tertiary/aromatic N) is 1. The van der Waals surface area contributed by atoms with Crippen molar-refractivity contribution >= 4 is 11.9 Å². The molecule has 1 aromatic carbocycles. The van der Waals surface area contributed by atoms with Crippen LogP contribution in [0, 0.1) is 6.92 Å². The maximum absolute atomic E-state index is 12.4. The smallest absolute Gasteiger partial charge is 0.326 e. The van der Waals surface area contributed by atoms with Crippen LogP contribution in [0.5, 0.6) is 0 Å². The number of benzene rings is 1. The maximum atomic E-state index is 12.4. The number of halogens is 2. The standard InChI is InChI=1S/C15H14F2N2O4/c1-8-18-12(13(23-8)9-5-3-2-4-6-9)14(20)19-10(15(21)22)7-11(16)17/h2-6,10-11H,7H2,1H3,(H,19,20)(H,21,22). The van der Waals surface area contributed by atoms with Gasteiger partial charge in [0.2, 0.25) is 6.43 Å². The molecule has 0 aliphatic rings. The Labute approximate surface area is 130 Å². The zero-order valence-electron chi connectivity index (χ0n) is 12.1. The highest BCUT2D eigenvalue weighted by atomic mass is 19.3. The summed E-state index contributed by atoms with van der Waals surface area (Å²) in [5.74, 6) is -2.06. The first-order valence-corrected chi connectivity index (χ1v) is 6.73. The number of amides is 1. The van der Waals surface area contributed by atoms with Gasteiger partial charge < -0.3 is 14.8 Å². The van der Waals surface area contributed by atoms with Gasteiger partial charge in [0.25, 0.3) is 5.91 Å². The molecular formula is C15H14F2N2O4. The topological polar surface area (TPSA) is 92.4 Å². The Morgan fingerprint density at radius 3 is 2.52 bits per heavy atom. The summed E-state index contributed by atoms with van der Waals surface area (Å²) in [5, 5.41) is 11.0. The van der Waals surface area contributed by atoms with E-state index in [-0.39, 0.29) is 17.3 Å². The third-order valence-corrected chi connectivity index (χ3v) is 3.00. The second-order valence-electron chi connectivity index (χ2n) is 4.77. The Bertz CT molecular complexity index is 701. The summed E-state index contributed by atoms with van der Waals surface area (Å²) < 4.78 is 30.2. The summed E-state index contributed by atoms with van der Waals surface area (Å²) in [6, 6.07) is 6.89. The van der Waals surface area contributed by atoms with Crippen LogP contribution >= 0.6 is 0 Å². The number of oxazole rings is 1. The first kappa shape index (κ1) is 16.6. The molecule has 1 atom stereocenters. The zero-order valence-corrected chi connectivity index (χ0v) is 12.1. The van der Waals surface area contributed by atoms with Gasteiger partial charge in [0.1, 0.15) is 6.04 Å². The normalized spacial score (nSPS) is 12.2. The van der Waals surface area contributed by atoms with E-state index in [2.05, 4.69) is 4.98 Å². The van der Waals surface area contributed by atoms with E-state index >= 15 is 0 Å². The number of nitrogens with one attached hydrogen (secondary N) is 1. The molecule has 1 unspecified atom stereocenters. The molecule has 8 heteroatoms. The Kier molecular flexibility index (Phi) is 5.05. The van der Waals surface area contributed by atoms with Gasteiger partial charge in [-0.25, -0.2) is 18.6 Å². The van der Waals surface area contributed by atoms with Gasteiger partial charge in [-0.15, -0.1) is 0 Å². The number of carbonyl (C=O) groups is 2. The van der Waals surface area contributed by atoms with Crippen LogP contribution in [-0.2, 0) is 4.79 Å². The van der Waals surface area contributed by atoms with Crippen LogP contribution in [0.25, 0.3) is 11.3 Å². The molecule has 1 aromatic heterocycles. The molecule has 0 bridgehead atoms. The Morgan fingerprint density at radius 2 is 1.96 bits per heavy atom. The predicted octanol–water partition coefficient (Wildman–Crippen LogP) is 2.49. The van der Waals surface area contributed by atoms with Crippen molar-refractivity contribution in [1.29, 1.82) is 0 Å². The van der Waals surface area contributed by atoms with Crippen LogP contribution in [0.2, 0.25) is 0 Å². The number of aryl methyl sites for hydroxylation is 1. The van der Waals surface area contributed by atoms with E-state index < -0.39 is 30.8 Å². The van der Waals surface area contributed by atoms with E-state index in [9.17, 15) is 18.4 Å². The fourth-order valence-electron chi connectivity index (χ4n) is 1.99. The summed E-state index contributed by atoms with van der Waals surface area (Å²) >= 11 is 0. The van der Waals surface area contributed by atoms with Crippen molar-refractivity contribution < 1.29 is 27.9 Å². The van der Waals surface area contributed by atoms with E-state index in [1.54, 1.807) is 30.3 Å². The summed E-state index contributed by atoms with van der Waals surface area (Å²) in [7, 11) is 0. The lowest BCUT2D eigenvalue weighted by molar-refractivity contribution is -0.140. The highest BCUT2D eigenvalue weighted by molar-refractivity contribution is 5.99. The number of hydrogen-bond acceptors (Lipinski definition) is 4. The third kappa shape index (κ3) is 4.12. The van der Waals surface area contributed by atoms with Gasteiger partial charge in [-0.05, 0) is 0 Å². The molecular weight excluding hydrogens is 310 g/mol. The molecule has 0 fully saturated rings. The molecule has 0 saturated carbocycles. The minimum atomic E-state index is -2.86. The fraction of sp³-hybridized carbons (Fsp3) is 0.267. The van der Waals surface area contributed by atoms with Gasteiger partial charge in [-0.1, -0.05) is 30.3 Å². The number of carboxylic acids is 1. The second kappa shape index (κ2) is 6.99. The predicted molar refractivity (Wildman–Crippen MR) is 76.2 cm³/mol. The minimum Gasteiger partial charge on any atom is -0.480 e. The zero-order chi connectivity index (χ0) is 17.0. The highest BCUT2D eigenvalue weighted by Gasteiger charge is 2.28. The van der Waals surface area contributed by atoms with E-state index in [4.69, 9.17) is 9.52 Å². The van der Waals surface area contributed by atoms with Gasteiger partial charge in [0.15, 0.2) is 17.3 Å². The summed E-state index contributed by atoms with van der Waals surface area (Å²) in [6.45, 7) is 1.52. The lowest BCUT2D eigenvalue weighted by Crippen LogP contribution is -2.42. The van der Waals surface area contributed by atoms with Crippen molar-refractivity contribution in [2.45, 2.75) is 25.8 Å². The van der Waals surface area contributed by atoms with E-state index in [1.807, 2.05) is 5.32 Å². The highest BCUT2D eigenvalue weighted by Crippen LogP contribution is 2.24. The second-order valence-corrected chi connectivity index (χ2v) is 4.77. The van der Waals surface area contributed by atoms with Gasteiger partial charge in [0, 0.05) is 18.9 Å². The maximum Gasteiger partial charge on any atom is 0.326 e. The van der Waals surface area contributed by atoms with Crippen LogP contribution in [0.4, 0.5) is 8.78 Å². The molecule has 0 saturated heterocycles. The molecule has 0 aliphatic carbocycles. The van der Waals surface area contributed by atoms with Crippen molar-refractivity contribution in [3.63, 3.8) is 0 Å². The first-order valence-electron chi connectivity index (χ1n) is 6.73. The van der Waals surface area contributed by atoms with Crippen LogP contribution in [-0.4, -0.2) is 34.4 Å². The van der Waals surface area contributed by atoms with Gasteiger partial charge in [0.05, 0.1) is 0 Å². The van der Waals surface area contributed by atoms with Crippen LogP contribution in [0.15, 0.2) is 34.7 Å². The number of hydrogen-bond donors (Lipinski definition) is 2. The number of alkyl halides is 2. The molecule has 2 N–H and O–H groups in total. The Hall–Kier alpha value is -2.77. The monoisotopic (exact) mass is 324 g/mol. The number of carboxylic acid groups (broad SMARTS) is 1. The van der Waals surface area contributed by atoms with Gasteiger partial charge in [-0.3, -0.25) is 4.79 Å². The molecule has 6 nitrogen and oxygen atoms in total. The number of rotatable bonds is 6. The SMILES string of the molecule is Cc1nc(C(=O)NC(CC(F)F)C(=O)O)c(-c2ccccc2)o1. The molecule has 2 rings (SSSR count). The average Bonchev–Trinajstić information content (AvgIpc) is 2.89. The van der Waals surface area contributed by atoms with Crippen molar-refractivity contribution in [2.24, 2.45) is 0 Å². The van der Waals surface area contributed by atoms with E-state index in [1.165, 1.54) is 6.92 Å². The lowest BCUT2D eigenvalue weighted by Gasteiger charge is -2.13. The quantitative estimate of drug-likeness (QED) is 0.851. The molecule has 0 aliphatic heterocycles. The molecule has 122 valence electrons. The molecule has 1 amide bonds. The number of aromatic nitrogens is 1. The lowest BCUT2D eigenvalue weighted by atomic mass is 10.1. The van der Waals surface area contributed by atoms with E-state index in [0.717, 1.165) is 0 Å². The molecule has 23 heavy (non-hydrogen) atoms. The molecule has 2 aromatic rings. The van der Waals surface area contributed by atoms with Crippen LogP contribution in [0.3, 0.4) is 0 Å². The minimum absolute atomic E-state index is 0.144. The summed E-state index contributed by atoms with van der Waals surface area (Å²) in [4.78, 5) is 27.1. The van der Waals surface area contributed by atoms with Crippen molar-refractivity contribution in [2.75, 3.05) is 0 Å². The average molecular weight is 324 g/mol. The van der Waals surface area contributed by atoms with Crippen molar-refractivity contribution in [1.82, 2.24) is 10.3 Å². The molecule has 0 spiro atoms.